The number of aryl methyl sites for hydroxylation is 3. The predicted octanol–water partition coefficient (Wildman–Crippen LogP) is 4.27. The minimum Gasteiger partial charge on any atom is -0.484 e. The molecule has 2 N–H and O–H groups in total. The molecule has 0 aliphatic carbocycles. The number of hydrogen-bond donors (Lipinski definition) is 2. The van der Waals surface area contributed by atoms with Crippen LogP contribution in [0.3, 0.4) is 0 Å². The third kappa shape index (κ3) is 5.62. The van der Waals surface area contributed by atoms with E-state index in [1.807, 2.05) is 45.0 Å². The molecule has 0 unspecified atom stereocenters. The SMILES string of the molecule is Cc1cc(C)cc(NC(=S)NC(=O)COc2ccc(Br)c(C)c2)c1. The van der Waals surface area contributed by atoms with E-state index in [0.29, 0.717) is 5.75 Å². The Bertz CT molecular complexity index is 757. The summed E-state index contributed by atoms with van der Waals surface area (Å²) in [4.78, 5) is 11.9. The third-order valence-electron chi connectivity index (χ3n) is 3.23. The molecule has 1 amide bonds. The molecule has 0 heterocycles. The monoisotopic (exact) mass is 406 g/mol. The van der Waals surface area contributed by atoms with E-state index in [2.05, 4.69) is 32.6 Å². The van der Waals surface area contributed by atoms with E-state index in [1.54, 1.807) is 6.07 Å². The normalized spacial score (nSPS) is 10.2. The van der Waals surface area contributed by atoms with E-state index >= 15 is 0 Å². The maximum Gasteiger partial charge on any atom is 0.264 e. The highest BCUT2D eigenvalue weighted by atomic mass is 79.9. The van der Waals surface area contributed by atoms with Gasteiger partial charge in [-0.15, -0.1) is 0 Å². The van der Waals surface area contributed by atoms with Gasteiger partial charge in [-0.25, -0.2) is 0 Å². The largest absolute Gasteiger partial charge is 0.484 e. The molecule has 0 spiro atoms. The molecule has 0 aromatic heterocycles. The van der Waals surface area contributed by atoms with Gasteiger partial charge in [0.15, 0.2) is 11.7 Å². The highest BCUT2D eigenvalue weighted by Crippen LogP contribution is 2.21. The molecule has 0 saturated carbocycles. The van der Waals surface area contributed by atoms with Crippen LogP contribution in [0.15, 0.2) is 40.9 Å². The van der Waals surface area contributed by atoms with Crippen molar-refractivity contribution in [2.24, 2.45) is 0 Å². The van der Waals surface area contributed by atoms with Crippen LogP contribution in [0.1, 0.15) is 16.7 Å². The van der Waals surface area contributed by atoms with Crippen LogP contribution < -0.4 is 15.4 Å². The molecule has 24 heavy (non-hydrogen) atoms. The lowest BCUT2D eigenvalue weighted by Crippen LogP contribution is -2.37. The molecule has 0 saturated heterocycles. The molecule has 126 valence electrons. The fraction of sp³-hybridized carbons (Fsp3) is 0.222. The van der Waals surface area contributed by atoms with E-state index in [1.165, 1.54) is 0 Å². The highest BCUT2D eigenvalue weighted by Gasteiger charge is 2.07. The van der Waals surface area contributed by atoms with Crippen LogP contribution in [0.4, 0.5) is 5.69 Å². The van der Waals surface area contributed by atoms with Crippen LogP contribution >= 0.6 is 28.1 Å². The Balaban J connectivity index is 1.85. The zero-order valence-corrected chi connectivity index (χ0v) is 16.2. The van der Waals surface area contributed by atoms with Crippen molar-refractivity contribution < 1.29 is 9.53 Å². The van der Waals surface area contributed by atoms with Crippen molar-refractivity contribution in [1.29, 1.82) is 0 Å². The topological polar surface area (TPSA) is 50.4 Å². The van der Waals surface area contributed by atoms with Gasteiger partial charge in [-0.2, -0.15) is 0 Å². The summed E-state index contributed by atoms with van der Waals surface area (Å²) >= 11 is 8.59. The van der Waals surface area contributed by atoms with Crippen molar-refractivity contribution in [3.8, 4) is 5.75 Å². The first-order chi connectivity index (χ1) is 11.3. The van der Waals surface area contributed by atoms with Crippen molar-refractivity contribution in [2.75, 3.05) is 11.9 Å². The van der Waals surface area contributed by atoms with E-state index in [4.69, 9.17) is 17.0 Å². The van der Waals surface area contributed by atoms with Crippen LogP contribution in [0.5, 0.6) is 5.75 Å². The zero-order valence-electron chi connectivity index (χ0n) is 13.8. The molecule has 2 rings (SSSR count). The van der Waals surface area contributed by atoms with Crippen LogP contribution in [-0.4, -0.2) is 17.6 Å². The second-order valence-electron chi connectivity index (χ2n) is 5.58. The Labute approximate surface area is 155 Å². The van der Waals surface area contributed by atoms with Crippen molar-refractivity contribution in [3.63, 3.8) is 0 Å². The smallest absolute Gasteiger partial charge is 0.264 e. The zero-order chi connectivity index (χ0) is 17.7. The third-order valence-corrected chi connectivity index (χ3v) is 4.33. The highest BCUT2D eigenvalue weighted by molar-refractivity contribution is 9.10. The summed E-state index contributed by atoms with van der Waals surface area (Å²) in [5.41, 5.74) is 4.14. The quantitative estimate of drug-likeness (QED) is 0.744. The van der Waals surface area contributed by atoms with Crippen molar-refractivity contribution in [3.05, 3.63) is 57.6 Å². The number of anilines is 1. The van der Waals surface area contributed by atoms with Crippen molar-refractivity contribution >= 4 is 44.9 Å². The molecule has 0 atom stereocenters. The Hall–Kier alpha value is -1.92. The fourth-order valence-corrected chi connectivity index (χ4v) is 2.71. The number of amides is 1. The number of nitrogens with one attached hydrogen (secondary N) is 2. The lowest BCUT2D eigenvalue weighted by atomic mass is 10.1. The van der Waals surface area contributed by atoms with Gasteiger partial charge >= 0.3 is 0 Å². The maximum atomic E-state index is 11.9. The first kappa shape index (κ1) is 18.4. The van der Waals surface area contributed by atoms with Crippen LogP contribution in [0, 0.1) is 20.8 Å². The Kier molecular flexibility index (Phi) is 6.34. The number of benzene rings is 2. The van der Waals surface area contributed by atoms with Crippen molar-refractivity contribution in [2.45, 2.75) is 20.8 Å². The van der Waals surface area contributed by atoms with Gasteiger partial charge in [0.1, 0.15) is 5.75 Å². The van der Waals surface area contributed by atoms with Crippen LogP contribution in [0.2, 0.25) is 0 Å². The van der Waals surface area contributed by atoms with Gasteiger partial charge in [0, 0.05) is 10.2 Å². The maximum absolute atomic E-state index is 11.9. The number of rotatable bonds is 4. The summed E-state index contributed by atoms with van der Waals surface area (Å²) in [5.74, 6) is 0.330. The van der Waals surface area contributed by atoms with E-state index in [9.17, 15) is 4.79 Å². The second-order valence-corrected chi connectivity index (χ2v) is 6.84. The summed E-state index contributed by atoms with van der Waals surface area (Å²) in [6.07, 6.45) is 0. The van der Waals surface area contributed by atoms with Gasteiger partial charge in [-0.05, 0) is 80.0 Å². The van der Waals surface area contributed by atoms with Gasteiger partial charge in [0.05, 0.1) is 0 Å². The number of carbonyl (C=O) groups excluding carboxylic acids is 1. The number of ether oxygens (including phenoxy) is 1. The summed E-state index contributed by atoms with van der Waals surface area (Å²) in [7, 11) is 0. The Morgan fingerprint density at radius 1 is 1.12 bits per heavy atom. The van der Waals surface area contributed by atoms with Gasteiger partial charge < -0.3 is 10.1 Å². The summed E-state index contributed by atoms with van der Waals surface area (Å²) in [5, 5.41) is 5.87. The number of halogens is 1. The first-order valence-electron chi connectivity index (χ1n) is 7.41. The van der Waals surface area contributed by atoms with E-state index < -0.39 is 0 Å². The number of thiocarbonyl (C=S) groups is 1. The molecule has 4 nitrogen and oxygen atoms in total. The average molecular weight is 407 g/mol. The lowest BCUT2D eigenvalue weighted by Gasteiger charge is -2.12. The molecule has 0 aliphatic heterocycles. The van der Waals surface area contributed by atoms with Crippen LogP contribution in [-0.2, 0) is 4.79 Å². The molecule has 0 fully saturated rings. The summed E-state index contributed by atoms with van der Waals surface area (Å²) in [6.45, 7) is 5.87. The molecule has 0 aliphatic rings. The lowest BCUT2D eigenvalue weighted by molar-refractivity contribution is -0.121. The molecule has 2 aromatic carbocycles. The van der Waals surface area contributed by atoms with E-state index in [0.717, 1.165) is 26.9 Å². The second kappa shape index (κ2) is 8.26. The minimum absolute atomic E-state index is 0.101. The average Bonchev–Trinajstić information content (AvgIpc) is 2.47. The van der Waals surface area contributed by atoms with Gasteiger partial charge in [0.25, 0.3) is 5.91 Å². The summed E-state index contributed by atoms with van der Waals surface area (Å²) < 4.78 is 6.47. The van der Waals surface area contributed by atoms with Gasteiger partial charge in [-0.1, -0.05) is 22.0 Å². The molecule has 0 radical (unpaired) electrons. The van der Waals surface area contributed by atoms with Crippen molar-refractivity contribution in [1.82, 2.24) is 5.32 Å². The summed E-state index contributed by atoms with van der Waals surface area (Å²) in [6, 6.07) is 11.6. The van der Waals surface area contributed by atoms with E-state index in [-0.39, 0.29) is 17.6 Å². The standard InChI is InChI=1S/C18H19BrN2O2S/c1-11-6-12(2)8-14(7-11)20-18(24)21-17(22)10-23-15-4-5-16(19)13(3)9-15/h4-9H,10H2,1-3H3,(H2,20,21,22,24). The Morgan fingerprint density at radius 3 is 2.42 bits per heavy atom. The molecule has 6 heteroatoms. The number of carbonyl (C=O) groups is 1. The molecule has 0 bridgehead atoms. The molecular weight excluding hydrogens is 388 g/mol. The minimum atomic E-state index is -0.308. The van der Waals surface area contributed by atoms with Crippen LogP contribution in [0.25, 0.3) is 0 Å². The molecular formula is C18H19BrN2O2S. The number of hydrogen-bond acceptors (Lipinski definition) is 3. The predicted molar refractivity (Wildman–Crippen MR) is 105 cm³/mol. The van der Waals surface area contributed by atoms with Gasteiger partial charge in [-0.3, -0.25) is 10.1 Å². The first-order valence-corrected chi connectivity index (χ1v) is 8.61. The van der Waals surface area contributed by atoms with Gasteiger partial charge in [0.2, 0.25) is 0 Å². The fourth-order valence-electron chi connectivity index (χ4n) is 2.23. The molecule has 2 aromatic rings. The Morgan fingerprint density at radius 2 is 1.79 bits per heavy atom.